The highest BCUT2D eigenvalue weighted by Gasteiger charge is 1.83. The number of aryl methyl sites for hydroxylation is 2. The van der Waals surface area contributed by atoms with Crippen molar-refractivity contribution in [3.63, 3.8) is 0 Å². The molecule has 0 amide bonds. The molecule has 0 heterocycles. The first kappa shape index (κ1) is 17.4. The lowest BCUT2D eigenvalue weighted by Crippen LogP contribution is -1.74. The third kappa shape index (κ3) is 13.0. The molecule has 0 heteroatoms. The predicted molar refractivity (Wildman–Crippen MR) is 77.0 cm³/mol. The molecule has 0 N–H and O–H groups in total. The normalized spacial score (nSPS) is 8.88. The zero-order valence-electron chi connectivity index (χ0n) is 11.9. The van der Waals surface area contributed by atoms with Crippen molar-refractivity contribution in [2.75, 3.05) is 0 Å². The highest BCUT2D eigenvalue weighted by molar-refractivity contribution is 5.23. The Morgan fingerprint density at radius 1 is 0.812 bits per heavy atom. The van der Waals surface area contributed by atoms with Crippen molar-refractivity contribution >= 4 is 0 Å². The SMILES string of the molecule is C/C=C\C.CCCC.Cc1ccccc1C. The van der Waals surface area contributed by atoms with Gasteiger partial charge in [-0.2, -0.15) is 0 Å². The van der Waals surface area contributed by atoms with Crippen LogP contribution in [0.5, 0.6) is 0 Å². The molecule has 0 atom stereocenters. The van der Waals surface area contributed by atoms with Crippen molar-refractivity contribution in [1.29, 1.82) is 0 Å². The maximum atomic E-state index is 2.18. The van der Waals surface area contributed by atoms with Crippen molar-refractivity contribution < 1.29 is 0 Å². The topological polar surface area (TPSA) is 0 Å². The van der Waals surface area contributed by atoms with E-state index in [9.17, 15) is 0 Å². The standard InChI is InChI=1S/C8H10.C4H10.C4H8/c1-7-5-3-4-6-8(7)2;2*1-3-4-2/h3-6H,1-2H3;3-4H2,1-2H3;3-4H,1-2H3/b;;4-3-. The summed E-state index contributed by atoms with van der Waals surface area (Å²) in [5.74, 6) is 0. The molecule has 0 nitrogen and oxygen atoms in total. The van der Waals surface area contributed by atoms with Crippen molar-refractivity contribution in [2.45, 2.75) is 54.4 Å². The summed E-state index contributed by atoms with van der Waals surface area (Å²) in [6, 6.07) is 8.36. The van der Waals surface area contributed by atoms with Crippen LogP contribution in [-0.4, -0.2) is 0 Å². The second-order valence-electron chi connectivity index (χ2n) is 3.75. The van der Waals surface area contributed by atoms with Crippen molar-refractivity contribution in [3.05, 3.63) is 47.5 Å². The minimum Gasteiger partial charge on any atom is -0.0919 e. The van der Waals surface area contributed by atoms with Gasteiger partial charge in [-0.3, -0.25) is 0 Å². The summed E-state index contributed by atoms with van der Waals surface area (Å²) in [7, 11) is 0. The maximum absolute atomic E-state index is 2.18. The summed E-state index contributed by atoms with van der Waals surface area (Å²) < 4.78 is 0. The van der Waals surface area contributed by atoms with E-state index in [2.05, 4.69) is 52.0 Å². The number of hydrogen-bond acceptors (Lipinski definition) is 0. The maximum Gasteiger partial charge on any atom is -0.0395 e. The van der Waals surface area contributed by atoms with Gasteiger partial charge in [-0.05, 0) is 38.8 Å². The summed E-state index contributed by atoms with van der Waals surface area (Å²) >= 11 is 0. The number of unbranched alkanes of at least 4 members (excludes halogenated alkanes) is 1. The Kier molecular flexibility index (Phi) is 15.1. The third-order valence-electron chi connectivity index (χ3n) is 2.26. The van der Waals surface area contributed by atoms with Crippen LogP contribution in [0.3, 0.4) is 0 Å². The van der Waals surface area contributed by atoms with Gasteiger partial charge < -0.3 is 0 Å². The van der Waals surface area contributed by atoms with Gasteiger partial charge in [-0.1, -0.05) is 63.1 Å². The molecule has 0 fully saturated rings. The van der Waals surface area contributed by atoms with Crippen LogP contribution in [0.1, 0.15) is 51.7 Å². The first-order valence-electron chi connectivity index (χ1n) is 6.23. The van der Waals surface area contributed by atoms with Crippen LogP contribution >= 0.6 is 0 Å². The van der Waals surface area contributed by atoms with Crippen LogP contribution in [0.15, 0.2) is 36.4 Å². The van der Waals surface area contributed by atoms with Crippen molar-refractivity contribution in [3.8, 4) is 0 Å². The first-order valence-corrected chi connectivity index (χ1v) is 6.23. The molecule has 0 aliphatic rings. The fourth-order valence-corrected chi connectivity index (χ4v) is 0.663. The van der Waals surface area contributed by atoms with Crippen molar-refractivity contribution in [2.24, 2.45) is 0 Å². The molecule has 0 aromatic heterocycles. The Morgan fingerprint density at radius 2 is 1.12 bits per heavy atom. The molecule has 1 rings (SSSR count). The van der Waals surface area contributed by atoms with E-state index < -0.39 is 0 Å². The molecule has 92 valence electrons. The largest absolute Gasteiger partial charge is 0.0919 e. The summed E-state index contributed by atoms with van der Waals surface area (Å²) in [4.78, 5) is 0. The number of allylic oxidation sites excluding steroid dienone is 2. The van der Waals surface area contributed by atoms with Gasteiger partial charge in [0, 0.05) is 0 Å². The van der Waals surface area contributed by atoms with Gasteiger partial charge in [0.05, 0.1) is 0 Å². The second-order valence-corrected chi connectivity index (χ2v) is 3.75. The lowest BCUT2D eigenvalue weighted by atomic mass is 10.1. The van der Waals surface area contributed by atoms with Crippen LogP contribution in [0.2, 0.25) is 0 Å². The van der Waals surface area contributed by atoms with Gasteiger partial charge >= 0.3 is 0 Å². The molecule has 0 aliphatic heterocycles. The van der Waals surface area contributed by atoms with E-state index in [-0.39, 0.29) is 0 Å². The van der Waals surface area contributed by atoms with E-state index in [1.807, 2.05) is 26.0 Å². The molecule has 1 aromatic carbocycles. The second kappa shape index (κ2) is 14.0. The monoisotopic (exact) mass is 220 g/mol. The Labute approximate surface area is 102 Å². The van der Waals surface area contributed by atoms with E-state index in [0.717, 1.165) is 0 Å². The van der Waals surface area contributed by atoms with Crippen LogP contribution < -0.4 is 0 Å². The van der Waals surface area contributed by atoms with E-state index >= 15 is 0 Å². The molecule has 0 unspecified atom stereocenters. The van der Waals surface area contributed by atoms with E-state index in [0.29, 0.717) is 0 Å². The quantitative estimate of drug-likeness (QED) is 0.533. The fraction of sp³-hybridized carbons (Fsp3) is 0.500. The minimum absolute atomic E-state index is 1.32. The van der Waals surface area contributed by atoms with Crippen LogP contribution in [-0.2, 0) is 0 Å². The van der Waals surface area contributed by atoms with Gasteiger partial charge in [-0.15, -0.1) is 0 Å². The van der Waals surface area contributed by atoms with E-state index in [4.69, 9.17) is 0 Å². The molecule has 0 bridgehead atoms. The molecule has 1 aromatic rings. The summed E-state index contributed by atoms with van der Waals surface area (Å²) in [6.45, 7) is 12.6. The van der Waals surface area contributed by atoms with Crippen LogP contribution in [0.4, 0.5) is 0 Å². The molecule has 0 radical (unpaired) electrons. The Balaban J connectivity index is 0. The number of hydrogen-bond donors (Lipinski definition) is 0. The zero-order valence-corrected chi connectivity index (χ0v) is 11.9. The zero-order chi connectivity index (χ0) is 12.8. The molecule has 0 aliphatic carbocycles. The average molecular weight is 220 g/mol. The summed E-state index contributed by atoms with van der Waals surface area (Å²) in [6.07, 6.45) is 6.64. The molecule has 0 spiro atoms. The van der Waals surface area contributed by atoms with Gasteiger partial charge in [0.15, 0.2) is 0 Å². The Morgan fingerprint density at radius 3 is 1.25 bits per heavy atom. The van der Waals surface area contributed by atoms with Gasteiger partial charge in [-0.25, -0.2) is 0 Å². The molecule has 16 heavy (non-hydrogen) atoms. The Hall–Kier alpha value is -1.04. The molecule has 0 saturated heterocycles. The van der Waals surface area contributed by atoms with Crippen LogP contribution in [0.25, 0.3) is 0 Å². The fourth-order valence-electron chi connectivity index (χ4n) is 0.663. The predicted octanol–water partition coefficient (Wildman–Crippen LogP) is 5.69. The van der Waals surface area contributed by atoms with Gasteiger partial charge in [0.2, 0.25) is 0 Å². The smallest absolute Gasteiger partial charge is 0.0395 e. The summed E-state index contributed by atoms with van der Waals surface area (Å²) in [5.41, 5.74) is 2.74. The molecular weight excluding hydrogens is 192 g/mol. The lowest BCUT2D eigenvalue weighted by Gasteiger charge is -1.93. The lowest BCUT2D eigenvalue weighted by molar-refractivity contribution is 0.886. The molecule has 0 saturated carbocycles. The highest BCUT2D eigenvalue weighted by Crippen LogP contribution is 2.02. The molecular formula is C16H28. The third-order valence-corrected chi connectivity index (χ3v) is 2.26. The van der Waals surface area contributed by atoms with Gasteiger partial charge in [0.1, 0.15) is 0 Å². The van der Waals surface area contributed by atoms with E-state index in [1.165, 1.54) is 24.0 Å². The number of rotatable bonds is 1. The Bertz CT molecular complexity index is 231. The van der Waals surface area contributed by atoms with E-state index in [1.54, 1.807) is 0 Å². The highest BCUT2D eigenvalue weighted by atomic mass is 13.9. The number of benzene rings is 1. The average Bonchev–Trinajstić information content (AvgIpc) is 2.33. The minimum atomic E-state index is 1.32. The summed E-state index contributed by atoms with van der Waals surface area (Å²) in [5, 5.41) is 0. The van der Waals surface area contributed by atoms with Crippen LogP contribution in [0, 0.1) is 13.8 Å². The van der Waals surface area contributed by atoms with Gasteiger partial charge in [0.25, 0.3) is 0 Å². The first-order chi connectivity index (χ1) is 7.63. The van der Waals surface area contributed by atoms with Crippen molar-refractivity contribution in [1.82, 2.24) is 0 Å².